The number of hydrogen-bond acceptors (Lipinski definition) is 2. The molecule has 0 N–H and O–H groups in total. The molecule has 0 spiro atoms. The zero-order valence-electron chi connectivity index (χ0n) is 7.68. The SMILES string of the molecule is CC1OC(C)(C)CC(=O)C1C. The molecule has 1 saturated heterocycles. The zero-order chi connectivity index (χ0) is 8.65. The van der Waals surface area contributed by atoms with Gasteiger partial charge in [-0.3, -0.25) is 4.79 Å². The first-order valence-electron chi connectivity index (χ1n) is 4.13. The van der Waals surface area contributed by atoms with E-state index in [0.29, 0.717) is 12.2 Å². The Hall–Kier alpha value is -0.370. The molecule has 1 aliphatic rings. The number of carbonyl (C=O) groups is 1. The molecule has 2 nitrogen and oxygen atoms in total. The van der Waals surface area contributed by atoms with E-state index in [1.165, 1.54) is 0 Å². The van der Waals surface area contributed by atoms with E-state index in [0.717, 1.165) is 0 Å². The van der Waals surface area contributed by atoms with Crippen LogP contribution in [0.3, 0.4) is 0 Å². The fraction of sp³-hybridized carbons (Fsp3) is 0.889. The molecule has 0 aromatic heterocycles. The molecule has 0 amide bonds. The van der Waals surface area contributed by atoms with E-state index in [9.17, 15) is 4.79 Å². The highest BCUT2D eigenvalue weighted by Gasteiger charge is 2.36. The second-order valence-electron chi connectivity index (χ2n) is 4.01. The van der Waals surface area contributed by atoms with Crippen molar-refractivity contribution < 1.29 is 9.53 Å². The van der Waals surface area contributed by atoms with Crippen molar-refractivity contribution in [2.24, 2.45) is 5.92 Å². The lowest BCUT2D eigenvalue weighted by Crippen LogP contribution is -2.44. The lowest BCUT2D eigenvalue weighted by atomic mass is 9.87. The normalized spacial score (nSPS) is 37.3. The predicted octanol–water partition coefficient (Wildman–Crippen LogP) is 1.78. The molecule has 1 fully saturated rings. The summed E-state index contributed by atoms with van der Waals surface area (Å²) in [4.78, 5) is 11.3. The third kappa shape index (κ3) is 1.80. The van der Waals surface area contributed by atoms with Crippen LogP contribution in [0.1, 0.15) is 34.1 Å². The Labute approximate surface area is 67.9 Å². The molecule has 0 aromatic carbocycles. The Balaban J connectivity index is 2.70. The number of Topliss-reactive ketones (excluding diaryl/α,β-unsaturated/α-hetero) is 1. The standard InChI is InChI=1S/C9H16O2/c1-6-7(2)11-9(3,4)5-8(6)10/h6-7H,5H2,1-4H3. The van der Waals surface area contributed by atoms with Gasteiger partial charge in [-0.25, -0.2) is 0 Å². The molecule has 1 rings (SSSR count). The number of ether oxygens (including phenoxy) is 1. The fourth-order valence-electron chi connectivity index (χ4n) is 1.49. The van der Waals surface area contributed by atoms with Crippen LogP contribution in [-0.2, 0) is 9.53 Å². The van der Waals surface area contributed by atoms with Crippen molar-refractivity contribution in [3.63, 3.8) is 0 Å². The molecule has 2 unspecified atom stereocenters. The molecule has 2 heteroatoms. The summed E-state index contributed by atoms with van der Waals surface area (Å²) in [7, 11) is 0. The summed E-state index contributed by atoms with van der Waals surface area (Å²) in [5.41, 5.74) is -0.247. The van der Waals surface area contributed by atoms with Crippen LogP contribution in [0.2, 0.25) is 0 Å². The number of rotatable bonds is 0. The summed E-state index contributed by atoms with van der Waals surface area (Å²) in [5.74, 6) is 0.400. The lowest BCUT2D eigenvalue weighted by molar-refractivity contribution is -0.156. The van der Waals surface area contributed by atoms with Crippen LogP contribution in [0.15, 0.2) is 0 Å². The summed E-state index contributed by atoms with van der Waals surface area (Å²) in [6.45, 7) is 7.83. The highest BCUT2D eigenvalue weighted by atomic mass is 16.5. The number of hydrogen-bond donors (Lipinski definition) is 0. The van der Waals surface area contributed by atoms with Gasteiger partial charge in [0.1, 0.15) is 5.78 Å². The molecule has 1 heterocycles. The van der Waals surface area contributed by atoms with E-state index in [4.69, 9.17) is 4.74 Å². The summed E-state index contributed by atoms with van der Waals surface area (Å²) in [5, 5.41) is 0. The Bertz CT molecular complexity index is 172. The van der Waals surface area contributed by atoms with Gasteiger partial charge in [-0.1, -0.05) is 6.92 Å². The van der Waals surface area contributed by atoms with Crippen LogP contribution in [0.4, 0.5) is 0 Å². The van der Waals surface area contributed by atoms with Crippen LogP contribution in [0, 0.1) is 5.92 Å². The van der Waals surface area contributed by atoms with Gasteiger partial charge in [-0.15, -0.1) is 0 Å². The molecule has 64 valence electrons. The molecular formula is C9H16O2. The Morgan fingerprint density at radius 2 is 2.00 bits per heavy atom. The van der Waals surface area contributed by atoms with Crippen molar-refractivity contribution in [3.8, 4) is 0 Å². The minimum Gasteiger partial charge on any atom is -0.371 e. The zero-order valence-corrected chi connectivity index (χ0v) is 7.68. The van der Waals surface area contributed by atoms with Crippen molar-refractivity contribution in [2.45, 2.75) is 45.8 Å². The summed E-state index contributed by atoms with van der Waals surface area (Å²) < 4.78 is 5.64. The first kappa shape index (κ1) is 8.72. The number of ketones is 1. The average molecular weight is 156 g/mol. The van der Waals surface area contributed by atoms with Gasteiger partial charge in [-0.2, -0.15) is 0 Å². The second kappa shape index (κ2) is 2.59. The molecule has 0 bridgehead atoms. The topological polar surface area (TPSA) is 26.3 Å². The summed E-state index contributed by atoms with van der Waals surface area (Å²) >= 11 is 0. The minimum atomic E-state index is -0.247. The van der Waals surface area contributed by atoms with Crippen LogP contribution >= 0.6 is 0 Å². The molecule has 0 saturated carbocycles. The van der Waals surface area contributed by atoms with Gasteiger partial charge in [0.05, 0.1) is 11.7 Å². The van der Waals surface area contributed by atoms with Gasteiger partial charge >= 0.3 is 0 Å². The maximum absolute atomic E-state index is 11.3. The van der Waals surface area contributed by atoms with Gasteiger partial charge in [0, 0.05) is 12.3 Å². The third-order valence-electron chi connectivity index (χ3n) is 2.32. The summed E-state index contributed by atoms with van der Waals surface area (Å²) in [6.07, 6.45) is 0.629. The van der Waals surface area contributed by atoms with Gasteiger partial charge in [-0.05, 0) is 20.8 Å². The van der Waals surface area contributed by atoms with Gasteiger partial charge < -0.3 is 4.74 Å². The molecule has 2 atom stereocenters. The highest BCUT2D eigenvalue weighted by molar-refractivity contribution is 5.82. The van der Waals surface area contributed by atoms with E-state index >= 15 is 0 Å². The van der Waals surface area contributed by atoms with E-state index in [1.807, 2.05) is 27.7 Å². The van der Waals surface area contributed by atoms with E-state index in [-0.39, 0.29) is 17.6 Å². The van der Waals surface area contributed by atoms with E-state index in [1.54, 1.807) is 0 Å². The molecule has 1 aliphatic heterocycles. The number of carbonyl (C=O) groups excluding carboxylic acids is 1. The first-order chi connectivity index (χ1) is 4.92. The molecular weight excluding hydrogens is 140 g/mol. The van der Waals surface area contributed by atoms with Crippen molar-refractivity contribution in [1.29, 1.82) is 0 Å². The van der Waals surface area contributed by atoms with Crippen LogP contribution in [0.5, 0.6) is 0 Å². The minimum absolute atomic E-state index is 0.0722. The smallest absolute Gasteiger partial charge is 0.141 e. The highest BCUT2D eigenvalue weighted by Crippen LogP contribution is 2.28. The molecule has 0 radical (unpaired) electrons. The largest absolute Gasteiger partial charge is 0.371 e. The van der Waals surface area contributed by atoms with E-state index < -0.39 is 0 Å². The molecule has 0 aliphatic carbocycles. The van der Waals surface area contributed by atoms with Gasteiger partial charge in [0.25, 0.3) is 0 Å². The second-order valence-corrected chi connectivity index (χ2v) is 4.01. The van der Waals surface area contributed by atoms with Crippen LogP contribution < -0.4 is 0 Å². The van der Waals surface area contributed by atoms with Crippen molar-refractivity contribution in [1.82, 2.24) is 0 Å². The Morgan fingerprint density at radius 1 is 1.45 bits per heavy atom. The fourth-order valence-corrected chi connectivity index (χ4v) is 1.49. The van der Waals surface area contributed by atoms with Crippen molar-refractivity contribution >= 4 is 5.78 Å². The monoisotopic (exact) mass is 156 g/mol. The molecule has 0 aromatic rings. The van der Waals surface area contributed by atoms with Crippen LogP contribution in [-0.4, -0.2) is 17.5 Å². The third-order valence-corrected chi connectivity index (χ3v) is 2.32. The maximum Gasteiger partial charge on any atom is 0.141 e. The predicted molar refractivity (Wildman–Crippen MR) is 43.4 cm³/mol. The van der Waals surface area contributed by atoms with Crippen molar-refractivity contribution in [2.75, 3.05) is 0 Å². The first-order valence-corrected chi connectivity index (χ1v) is 4.13. The van der Waals surface area contributed by atoms with Gasteiger partial charge in [0.2, 0.25) is 0 Å². The Morgan fingerprint density at radius 3 is 2.45 bits per heavy atom. The van der Waals surface area contributed by atoms with E-state index in [2.05, 4.69) is 0 Å². The Kier molecular flexibility index (Phi) is 2.06. The molecule has 11 heavy (non-hydrogen) atoms. The lowest BCUT2D eigenvalue weighted by Gasteiger charge is -2.37. The summed E-state index contributed by atoms with van der Waals surface area (Å²) in [6, 6.07) is 0. The average Bonchev–Trinajstić information content (AvgIpc) is 1.81. The van der Waals surface area contributed by atoms with Crippen LogP contribution in [0.25, 0.3) is 0 Å². The quantitative estimate of drug-likeness (QED) is 0.534. The maximum atomic E-state index is 11.3. The van der Waals surface area contributed by atoms with Crippen molar-refractivity contribution in [3.05, 3.63) is 0 Å². The van der Waals surface area contributed by atoms with Gasteiger partial charge in [0.15, 0.2) is 0 Å².